The Hall–Kier alpha value is -1.72. The number of benzene rings is 1. The Morgan fingerprint density at radius 2 is 1.34 bits per heavy atom. The van der Waals surface area contributed by atoms with E-state index in [1.807, 2.05) is 0 Å². The number of carboxylic acids is 1. The molecule has 0 heterocycles. The van der Waals surface area contributed by atoms with Gasteiger partial charge < -0.3 is 15.0 Å². The van der Waals surface area contributed by atoms with Crippen LogP contribution in [0, 0.1) is 0 Å². The molecule has 0 bridgehead atoms. The number of aliphatic hydroxyl groups is 1. The summed E-state index contributed by atoms with van der Waals surface area (Å²) >= 11 is 0. The zero-order valence-electron chi connectivity index (χ0n) is 18.2. The molecule has 5 nitrogen and oxygen atoms in total. The number of nitrogens with zero attached hydrogens (tertiary/aromatic N) is 1. The lowest BCUT2D eigenvalue weighted by atomic mass is 10.1. The highest BCUT2D eigenvalue weighted by Crippen LogP contribution is 2.12. The van der Waals surface area contributed by atoms with Crippen LogP contribution in [0.25, 0.3) is 0 Å². The fourth-order valence-electron chi connectivity index (χ4n) is 3.35. The third-order valence-electron chi connectivity index (χ3n) is 4.91. The van der Waals surface area contributed by atoms with E-state index in [9.17, 15) is 9.59 Å². The lowest BCUT2D eigenvalue weighted by molar-refractivity contribution is -0.137. The van der Waals surface area contributed by atoms with Gasteiger partial charge in [-0.3, -0.25) is 9.69 Å². The van der Waals surface area contributed by atoms with E-state index >= 15 is 0 Å². The van der Waals surface area contributed by atoms with Crippen LogP contribution < -0.4 is 0 Å². The molecule has 0 aromatic heterocycles. The summed E-state index contributed by atoms with van der Waals surface area (Å²) in [6, 6.07) is 10.6. The van der Waals surface area contributed by atoms with Crippen LogP contribution in [0.2, 0.25) is 0 Å². The molecule has 1 aromatic rings. The number of unbranched alkanes of at least 4 members (excludes halogenated alkanes) is 9. The number of carbonyl (C=O) groups is 2. The van der Waals surface area contributed by atoms with Gasteiger partial charge in [-0.2, -0.15) is 0 Å². The van der Waals surface area contributed by atoms with Gasteiger partial charge in [0, 0.05) is 26.5 Å². The Labute approximate surface area is 177 Å². The van der Waals surface area contributed by atoms with Gasteiger partial charge in [0.2, 0.25) is 0 Å². The highest BCUT2D eigenvalue weighted by Gasteiger charge is 2.06. The lowest BCUT2D eigenvalue weighted by Crippen LogP contribution is -2.25. The fourth-order valence-corrected chi connectivity index (χ4v) is 3.35. The average Bonchev–Trinajstić information content (AvgIpc) is 2.74. The van der Waals surface area contributed by atoms with E-state index in [0.29, 0.717) is 12.8 Å². The molecule has 2 N–H and O–H groups in total. The van der Waals surface area contributed by atoms with Crippen LogP contribution in [-0.2, 0) is 16.1 Å². The summed E-state index contributed by atoms with van der Waals surface area (Å²) in [5.74, 6) is -0.685. The molecule has 1 aromatic carbocycles. The van der Waals surface area contributed by atoms with Gasteiger partial charge in [-0.1, -0.05) is 68.9 Å². The van der Waals surface area contributed by atoms with Crippen LogP contribution in [-0.4, -0.2) is 47.6 Å². The summed E-state index contributed by atoms with van der Waals surface area (Å²) < 4.78 is 0. The van der Waals surface area contributed by atoms with Gasteiger partial charge in [0.1, 0.15) is 6.29 Å². The minimum Gasteiger partial charge on any atom is -0.481 e. The number of aliphatic carboxylic acids is 1. The normalized spacial score (nSPS) is 10.4. The Balaban J connectivity index is 0.00000379. The standard InChI is InChI=1S/C23H37NO3.CH4O/c25-20-14-7-2-1-5-12-18-24(21-22-15-9-8-10-16-22)19-13-6-3-4-11-17-23(26)27;1-2/h8-10,15-16,20H,1-7,11-14,17-19,21H2,(H,26,27);2H,1H3. The largest absolute Gasteiger partial charge is 0.481 e. The van der Waals surface area contributed by atoms with Crippen molar-refractivity contribution in [3.63, 3.8) is 0 Å². The minimum absolute atomic E-state index is 0.299. The maximum Gasteiger partial charge on any atom is 0.303 e. The van der Waals surface area contributed by atoms with Gasteiger partial charge >= 0.3 is 5.97 Å². The van der Waals surface area contributed by atoms with E-state index in [0.717, 1.165) is 65.1 Å². The van der Waals surface area contributed by atoms with Crippen LogP contribution in [0.5, 0.6) is 0 Å². The van der Waals surface area contributed by atoms with Gasteiger partial charge in [-0.15, -0.1) is 0 Å². The van der Waals surface area contributed by atoms with Crippen LogP contribution >= 0.6 is 0 Å². The number of aliphatic hydroxyl groups excluding tert-OH is 1. The van der Waals surface area contributed by atoms with Gasteiger partial charge in [0.15, 0.2) is 0 Å². The number of carboxylic acid groups (broad SMARTS) is 1. The lowest BCUT2D eigenvalue weighted by Gasteiger charge is -2.22. The maximum atomic E-state index is 10.5. The van der Waals surface area contributed by atoms with Crippen LogP contribution in [0.4, 0.5) is 0 Å². The molecule has 0 aliphatic rings. The summed E-state index contributed by atoms with van der Waals surface area (Å²) in [5, 5.41) is 15.7. The first-order valence-corrected chi connectivity index (χ1v) is 11.1. The molecule has 5 heteroatoms. The predicted octanol–water partition coefficient (Wildman–Crippen LogP) is 5.06. The van der Waals surface area contributed by atoms with Crippen molar-refractivity contribution in [3.8, 4) is 0 Å². The summed E-state index contributed by atoms with van der Waals surface area (Å²) in [4.78, 5) is 23.4. The quantitative estimate of drug-likeness (QED) is 0.263. The van der Waals surface area contributed by atoms with Crippen molar-refractivity contribution in [2.75, 3.05) is 20.2 Å². The van der Waals surface area contributed by atoms with Gasteiger partial charge in [-0.05, 0) is 44.3 Å². The van der Waals surface area contributed by atoms with E-state index in [4.69, 9.17) is 10.2 Å². The molecule has 166 valence electrons. The van der Waals surface area contributed by atoms with Crippen molar-refractivity contribution >= 4 is 12.3 Å². The first-order chi connectivity index (χ1) is 14.2. The molecule has 0 aliphatic carbocycles. The second-order valence-electron chi connectivity index (χ2n) is 7.40. The summed E-state index contributed by atoms with van der Waals surface area (Å²) in [7, 11) is 1.00. The molecule has 0 unspecified atom stereocenters. The van der Waals surface area contributed by atoms with Crippen molar-refractivity contribution in [2.24, 2.45) is 0 Å². The monoisotopic (exact) mass is 407 g/mol. The van der Waals surface area contributed by atoms with E-state index in [2.05, 4.69) is 35.2 Å². The molecule has 0 fully saturated rings. The van der Waals surface area contributed by atoms with E-state index in [1.54, 1.807) is 0 Å². The number of aldehydes is 1. The molecule has 29 heavy (non-hydrogen) atoms. The van der Waals surface area contributed by atoms with Gasteiger partial charge in [0.25, 0.3) is 0 Å². The third kappa shape index (κ3) is 18.1. The minimum atomic E-state index is -0.685. The van der Waals surface area contributed by atoms with Gasteiger partial charge in [-0.25, -0.2) is 0 Å². The summed E-state index contributed by atoms with van der Waals surface area (Å²) in [6.45, 7) is 3.24. The van der Waals surface area contributed by atoms with Crippen LogP contribution in [0.3, 0.4) is 0 Å². The zero-order valence-corrected chi connectivity index (χ0v) is 18.2. The molecule has 0 spiro atoms. The fraction of sp³-hybridized carbons (Fsp3) is 0.667. The Morgan fingerprint density at radius 1 is 0.828 bits per heavy atom. The van der Waals surface area contributed by atoms with Gasteiger partial charge in [0.05, 0.1) is 0 Å². The molecule has 0 saturated carbocycles. The molecule has 0 aliphatic heterocycles. The average molecular weight is 408 g/mol. The van der Waals surface area contributed by atoms with Crippen LogP contribution in [0.1, 0.15) is 82.6 Å². The Bertz CT molecular complexity index is 493. The molecule has 1 rings (SSSR count). The number of hydrogen-bond acceptors (Lipinski definition) is 4. The third-order valence-corrected chi connectivity index (χ3v) is 4.91. The van der Waals surface area contributed by atoms with Crippen molar-refractivity contribution in [1.29, 1.82) is 0 Å². The topological polar surface area (TPSA) is 77.8 Å². The molecular weight excluding hydrogens is 366 g/mol. The Morgan fingerprint density at radius 3 is 1.90 bits per heavy atom. The number of hydrogen-bond donors (Lipinski definition) is 2. The summed E-state index contributed by atoms with van der Waals surface area (Å²) in [6.07, 6.45) is 13.2. The van der Waals surface area contributed by atoms with E-state index < -0.39 is 5.97 Å². The highest BCUT2D eigenvalue weighted by molar-refractivity contribution is 5.66. The molecule has 0 saturated heterocycles. The molecule has 0 atom stereocenters. The molecule has 0 radical (unpaired) electrons. The van der Waals surface area contributed by atoms with Crippen molar-refractivity contribution in [1.82, 2.24) is 4.90 Å². The number of carbonyl (C=O) groups excluding carboxylic acids is 1. The first kappa shape index (κ1) is 27.3. The molecule has 0 amide bonds. The second-order valence-corrected chi connectivity index (χ2v) is 7.40. The second kappa shape index (κ2) is 21.0. The van der Waals surface area contributed by atoms with E-state index in [-0.39, 0.29) is 0 Å². The Kier molecular flexibility index (Phi) is 19.8. The number of rotatable bonds is 18. The molecular formula is C24H41NO4. The van der Waals surface area contributed by atoms with Crippen molar-refractivity contribution < 1.29 is 19.8 Å². The van der Waals surface area contributed by atoms with Crippen molar-refractivity contribution in [2.45, 2.75) is 83.6 Å². The first-order valence-electron chi connectivity index (χ1n) is 11.1. The van der Waals surface area contributed by atoms with E-state index in [1.165, 1.54) is 37.7 Å². The smallest absolute Gasteiger partial charge is 0.303 e. The highest BCUT2D eigenvalue weighted by atomic mass is 16.4. The van der Waals surface area contributed by atoms with Crippen LogP contribution in [0.15, 0.2) is 30.3 Å². The zero-order chi connectivity index (χ0) is 21.6. The maximum absolute atomic E-state index is 10.5. The van der Waals surface area contributed by atoms with Crippen molar-refractivity contribution in [3.05, 3.63) is 35.9 Å². The summed E-state index contributed by atoms with van der Waals surface area (Å²) in [5.41, 5.74) is 1.37. The predicted molar refractivity (Wildman–Crippen MR) is 119 cm³/mol. The SMILES string of the molecule is CO.O=CCCCCCCCN(CCCCCCCC(=O)O)Cc1ccccc1.